The Bertz CT molecular complexity index is 862. The number of nitrogens with one attached hydrogen (secondary N) is 2. The fraction of sp³-hybridized carbons (Fsp3) is 0.375. The van der Waals surface area contributed by atoms with Gasteiger partial charge in [0.1, 0.15) is 0 Å². The Morgan fingerprint density at radius 3 is 2.73 bits per heavy atom. The fourth-order valence-corrected chi connectivity index (χ4v) is 2.80. The van der Waals surface area contributed by atoms with Crippen molar-refractivity contribution in [3.63, 3.8) is 0 Å². The predicted octanol–water partition coefficient (Wildman–Crippen LogP) is 2.43. The van der Waals surface area contributed by atoms with Gasteiger partial charge in [0.05, 0.1) is 5.92 Å². The Morgan fingerprint density at radius 2 is 2.08 bits per heavy atom. The molecule has 2 aromatic rings. The molecule has 7 nitrogen and oxygen atoms in total. The standard InChI is InChI=1S/C16H16F3N5O2/c1-8-4-3-5-11(9(8)2)24-7-10(6-12(24)25)13(26)20-15-21-14(22-23-15)16(17,18)19/h3-5,10H,6-7H2,1-2H3,(H2,20,21,22,23,26). The molecule has 1 unspecified atom stereocenters. The van der Waals surface area contributed by atoms with E-state index < -0.39 is 29.8 Å². The SMILES string of the molecule is Cc1cccc(N2CC(C(=O)Nc3n[nH]c(C(F)(F)F)n3)CC2=O)c1C. The third-order valence-electron chi connectivity index (χ3n) is 4.35. The molecule has 138 valence electrons. The first-order chi connectivity index (χ1) is 12.2. The zero-order valence-corrected chi connectivity index (χ0v) is 14.0. The molecule has 0 saturated carbocycles. The van der Waals surface area contributed by atoms with Crippen LogP contribution in [0.5, 0.6) is 0 Å². The average molecular weight is 367 g/mol. The third-order valence-corrected chi connectivity index (χ3v) is 4.35. The molecular formula is C16H16F3N5O2. The molecule has 1 saturated heterocycles. The molecule has 1 atom stereocenters. The first kappa shape index (κ1) is 17.9. The minimum atomic E-state index is -4.68. The summed E-state index contributed by atoms with van der Waals surface area (Å²) in [4.78, 5) is 29.3. The van der Waals surface area contributed by atoms with Crippen molar-refractivity contribution in [2.24, 2.45) is 5.92 Å². The lowest BCUT2D eigenvalue weighted by molar-refractivity contribution is -0.144. The highest BCUT2D eigenvalue weighted by Crippen LogP contribution is 2.30. The van der Waals surface area contributed by atoms with Crippen molar-refractivity contribution >= 4 is 23.5 Å². The van der Waals surface area contributed by atoms with Gasteiger partial charge in [-0.25, -0.2) is 0 Å². The minimum Gasteiger partial charge on any atom is -0.311 e. The number of hydrogen-bond acceptors (Lipinski definition) is 4. The van der Waals surface area contributed by atoms with Crippen molar-refractivity contribution < 1.29 is 22.8 Å². The number of anilines is 2. The van der Waals surface area contributed by atoms with E-state index in [-0.39, 0.29) is 18.9 Å². The van der Waals surface area contributed by atoms with Crippen LogP contribution in [0.1, 0.15) is 23.4 Å². The van der Waals surface area contributed by atoms with E-state index in [1.54, 1.807) is 11.2 Å². The number of aromatic amines is 1. The highest BCUT2D eigenvalue weighted by Gasteiger charge is 2.38. The zero-order chi connectivity index (χ0) is 19.1. The van der Waals surface area contributed by atoms with E-state index in [0.717, 1.165) is 16.8 Å². The van der Waals surface area contributed by atoms with Gasteiger partial charge in [-0.1, -0.05) is 12.1 Å². The van der Waals surface area contributed by atoms with E-state index in [1.807, 2.05) is 26.0 Å². The molecule has 0 radical (unpaired) electrons. The largest absolute Gasteiger partial charge is 0.451 e. The van der Waals surface area contributed by atoms with E-state index in [2.05, 4.69) is 15.4 Å². The van der Waals surface area contributed by atoms with Gasteiger partial charge in [-0.05, 0) is 31.0 Å². The highest BCUT2D eigenvalue weighted by atomic mass is 19.4. The molecule has 26 heavy (non-hydrogen) atoms. The summed E-state index contributed by atoms with van der Waals surface area (Å²) in [5.41, 5.74) is 2.68. The molecular weight excluding hydrogens is 351 g/mol. The summed E-state index contributed by atoms with van der Waals surface area (Å²) in [5.74, 6) is -3.29. The summed E-state index contributed by atoms with van der Waals surface area (Å²) in [7, 11) is 0. The Morgan fingerprint density at radius 1 is 1.35 bits per heavy atom. The van der Waals surface area contributed by atoms with E-state index in [9.17, 15) is 22.8 Å². The van der Waals surface area contributed by atoms with Crippen LogP contribution in [-0.2, 0) is 15.8 Å². The maximum atomic E-state index is 12.5. The number of halogens is 3. The summed E-state index contributed by atoms with van der Waals surface area (Å²) < 4.78 is 37.5. The smallest absolute Gasteiger partial charge is 0.311 e. The highest BCUT2D eigenvalue weighted by molar-refractivity contribution is 6.03. The lowest BCUT2D eigenvalue weighted by atomic mass is 10.1. The second-order valence-electron chi connectivity index (χ2n) is 6.12. The van der Waals surface area contributed by atoms with E-state index in [1.165, 1.54) is 4.90 Å². The molecule has 0 bridgehead atoms. The molecule has 2 N–H and O–H groups in total. The number of alkyl halides is 3. The van der Waals surface area contributed by atoms with Crippen molar-refractivity contribution in [1.29, 1.82) is 0 Å². The third kappa shape index (κ3) is 3.39. The van der Waals surface area contributed by atoms with Crippen LogP contribution >= 0.6 is 0 Å². The number of hydrogen-bond donors (Lipinski definition) is 2. The second kappa shape index (κ2) is 6.43. The Kier molecular flexibility index (Phi) is 4.43. The van der Waals surface area contributed by atoms with Crippen LogP contribution in [0.3, 0.4) is 0 Å². The molecule has 1 aliphatic rings. The lowest BCUT2D eigenvalue weighted by Gasteiger charge is -2.20. The topological polar surface area (TPSA) is 91.0 Å². The first-order valence-electron chi connectivity index (χ1n) is 7.84. The van der Waals surface area contributed by atoms with Crippen LogP contribution in [0.4, 0.5) is 24.8 Å². The maximum absolute atomic E-state index is 12.5. The van der Waals surface area contributed by atoms with Gasteiger partial charge in [0.2, 0.25) is 23.6 Å². The number of nitrogens with zero attached hydrogens (tertiary/aromatic N) is 3. The van der Waals surface area contributed by atoms with Gasteiger partial charge in [0.25, 0.3) is 0 Å². The zero-order valence-electron chi connectivity index (χ0n) is 14.0. The summed E-state index contributed by atoms with van der Waals surface area (Å²) >= 11 is 0. The number of aromatic nitrogens is 3. The van der Waals surface area contributed by atoms with Crippen molar-refractivity contribution in [1.82, 2.24) is 15.2 Å². The predicted molar refractivity (Wildman–Crippen MR) is 86.4 cm³/mol. The van der Waals surface area contributed by atoms with Crippen molar-refractivity contribution in [2.75, 3.05) is 16.8 Å². The lowest BCUT2D eigenvalue weighted by Crippen LogP contribution is -2.29. The van der Waals surface area contributed by atoms with Crippen LogP contribution in [0.2, 0.25) is 0 Å². The van der Waals surface area contributed by atoms with Crippen LogP contribution in [-0.4, -0.2) is 33.5 Å². The summed E-state index contributed by atoms with van der Waals surface area (Å²) in [6.45, 7) is 3.95. The van der Waals surface area contributed by atoms with E-state index in [0.29, 0.717) is 0 Å². The first-order valence-corrected chi connectivity index (χ1v) is 7.84. The van der Waals surface area contributed by atoms with Crippen LogP contribution in [0.15, 0.2) is 18.2 Å². The molecule has 10 heteroatoms. The summed E-state index contributed by atoms with van der Waals surface area (Å²) in [6, 6.07) is 5.54. The number of benzene rings is 1. The molecule has 2 heterocycles. The number of carbonyl (C=O) groups is 2. The van der Waals surface area contributed by atoms with Crippen molar-refractivity contribution in [3.8, 4) is 0 Å². The molecule has 1 aromatic carbocycles. The van der Waals surface area contributed by atoms with Crippen LogP contribution in [0.25, 0.3) is 0 Å². The summed E-state index contributed by atoms with van der Waals surface area (Å²) in [6.07, 6.45) is -4.71. The van der Waals surface area contributed by atoms with Crippen molar-refractivity contribution in [2.45, 2.75) is 26.4 Å². The second-order valence-corrected chi connectivity index (χ2v) is 6.12. The van der Waals surface area contributed by atoms with Gasteiger partial charge in [0.15, 0.2) is 0 Å². The molecule has 3 rings (SSSR count). The number of H-pyrrole nitrogens is 1. The van der Waals surface area contributed by atoms with Crippen LogP contribution < -0.4 is 10.2 Å². The minimum absolute atomic E-state index is 0.0320. The number of rotatable bonds is 3. The monoisotopic (exact) mass is 367 g/mol. The number of amides is 2. The van der Waals surface area contributed by atoms with Gasteiger partial charge in [-0.3, -0.25) is 20.0 Å². The number of carbonyl (C=O) groups excluding carboxylic acids is 2. The van der Waals surface area contributed by atoms with Gasteiger partial charge >= 0.3 is 6.18 Å². The maximum Gasteiger partial charge on any atom is 0.451 e. The Hall–Kier alpha value is -2.91. The van der Waals surface area contributed by atoms with E-state index in [4.69, 9.17) is 0 Å². The molecule has 1 aliphatic heterocycles. The average Bonchev–Trinajstić information content (AvgIpc) is 3.17. The fourth-order valence-electron chi connectivity index (χ4n) is 2.80. The number of aryl methyl sites for hydroxylation is 1. The Balaban J connectivity index is 1.71. The molecule has 2 amide bonds. The quantitative estimate of drug-likeness (QED) is 0.872. The molecule has 0 aliphatic carbocycles. The van der Waals surface area contributed by atoms with E-state index >= 15 is 0 Å². The summed E-state index contributed by atoms with van der Waals surface area (Å²) in [5, 5.41) is 7.27. The normalized spacial score (nSPS) is 17.7. The van der Waals surface area contributed by atoms with Gasteiger partial charge < -0.3 is 4.90 Å². The van der Waals surface area contributed by atoms with Gasteiger partial charge in [-0.2, -0.15) is 18.2 Å². The molecule has 1 aromatic heterocycles. The Labute approximate surface area is 146 Å². The van der Waals surface area contributed by atoms with Crippen molar-refractivity contribution in [3.05, 3.63) is 35.2 Å². The van der Waals surface area contributed by atoms with Gasteiger partial charge in [0, 0.05) is 18.7 Å². The molecule has 1 fully saturated rings. The van der Waals surface area contributed by atoms with Crippen LogP contribution in [0, 0.1) is 19.8 Å². The van der Waals surface area contributed by atoms with Gasteiger partial charge in [-0.15, -0.1) is 5.10 Å². The molecule has 0 spiro atoms.